The molecule has 0 saturated heterocycles. The first-order chi connectivity index (χ1) is 18.2. The minimum absolute atomic E-state index is 0.0593. The van der Waals surface area contributed by atoms with Gasteiger partial charge >= 0.3 is 6.36 Å². The van der Waals surface area contributed by atoms with Crippen molar-refractivity contribution < 1.29 is 31.6 Å². The van der Waals surface area contributed by atoms with Gasteiger partial charge in [0.25, 0.3) is 5.91 Å². The molecule has 0 radical (unpaired) electrons. The SMILES string of the molecule is C=C(CCF)C(=O)N(CCCCCc1nc(C2CC2)no1)c1cccc(-c2ccc(OC(F)(F)F)cc2)c1. The van der Waals surface area contributed by atoms with Crippen LogP contribution in [0.15, 0.2) is 65.2 Å². The maximum Gasteiger partial charge on any atom is 0.573 e. The molecule has 1 aromatic heterocycles. The largest absolute Gasteiger partial charge is 0.573 e. The Morgan fingerprint density at radius 1 is 1.08 bits per heavy atom. The molecule has 1 aliphatic carbocycles. The van der Waals surface area contributed by atoms with E-state index in [1.54, 1.807) is 29.2 Å². The second-order valence-corrected chi connectivity index (χ2v) is 9.25. The number of nitrogens with zero attached hydrogens (tertiary/aromatic N) is 3. The number of aromatic nitrogens is 2. The van der Waals surface area contributed by atoms with E-state index in [2.05, 4.69) is 21.5 Å². The molecule has 1 aliphatic rings. The van der Waals surface area contributed by atoms with Crippen molar-refractivity contribution in [2.45, 2.75) is 57.2 Å². The highest BCUT2D eigenvalue weighted by Gasteiger charge is 2.31. The van der Waals surface area contributed by atoms with Crippen molar-refractivity contribution >= 4 is 11.6 Å². The summed E-state index contributed by atoms with van der Waals surface area (Å²) in [5.41, 5.74) is 2.12. The van der Waals surface area contributed by atoms with E-state index in [0.717, 1.165) is 31.5 Å². The summed E-state index contributed by atoms with van der Waals surface area (Å²) in [5, 5.41) is 4.02. The average Bonchev–Trinajstić information content (AvgIpc) is 3.63. The smallest absolute Gasteiger partial charge is 0.406 e. The predicted octanol–water partition coefficient (Wildman–Crippen LogP) is 7.17. The summed E-state index contributed by atoms with van der Waals surface area (Å²) >= 11 is 0. The lowest BCUT2D eigenvalue weighted by Crippen LogP contribution is -2.33. The number of ether oxygens (including phenoxy) is 1. The van der Waals surface area contributed by atoms with Crippen LogP contribution in [0.1, 0.15) is 56.2 Å². The second-order valence-electron chi connectivity index (χ2n) is 9.25. The van der Waals surface area contributed by atoms with E-state index in [4.69, 9.17) is 4.52 Å². The van der Waals surface area contributed by atoms with Gasteiger partial charge in [-0.2, -0.15) is 4.98 Å². The topological polar surface area (TPSA) is 68.5 Å². The monoisotopic (exact) mass is 531 g/mol. The normalized spacial score (nSPS) is 13.4. The Kier molecular flexibility index (Phi) is 8.81. The third-order valence-corrected chi connectivity index (χ3v) is 6.22. The number of amides is 1. The summed E-state index contributed by atoms with van der Waals surface area (Å²) in [6, 6.07) is 12.6. The van der Waals surface area contributed by atoms with Crippen LogP contribution in [0, 0.1) is 0 Å². The molecule has 0 aliphatic heterocycles. The minimum Gasteiger partial charge on any atom is -0.406 e. The van der Waals surface area contributed by atoms with E-state index < -0.39 is 13.0 Å². The fraction of sp³-hybridized carbons (Fsp3) is 0.393. The summed E-state index contributed by atoms with van der Waals surface area (Å²) in [6.07, 6.45) is 0.348. The van der Waals surface area contributed by atoms with Gasteiger partial charge in [0, 0.05) is 36.6 Å². The molecule has 0 unspecified atom stereocenters. The zero-order valence-corrected chi connectivity index (χ0v) is 20.8. The number of carbonyl (C=O) groups excluding carboxylic acids is 1. The second kappa shape index (κ2) is 12.2. The number of benzene rings is 2. The molecule has 0 atom stereocenters. The molecule has 0 spiro atoms. The van der Waals surface area contributed by atoms with Crippen molar-refractivity contribution in [2.24, 2.45) is 0 Å². The van der Waals surface area contributed by atoms with Crippen LogP contribution in [0.5, 0.6) is 5.75 Å². The Morgan fingerprint density at radius 3 is 2.53 bits per heavy atom. The van der Waals surface area contributed by atoms with Crippen LogP contribution in [0.25, 0.3) is 11.1 Å². The maximum absolute atomic E-state index is 13.1. The number of halogens is 4. The highest BCUT2D eigenvalue weighted by atomic mass is 19.4. The lowest BCUT2D eigenvalue weighted by atomic mass is 10.0. The molecule has 1 heterocycles. The zero-order chi connectivity index (χ0) is 27.1. The van der Waals surface area contributed by atoms with Crippen LogP contribution in [-0.2, 0) is 11.2 Å². The molecular weight excluding hydrogens is 502 g/mol. The van der Waals surface area contributed by atoms with Crippen LogP contribution >= 0.6 is 0 Å². The van der Waals surface area contributed by atoms with Crippen molar-refractivity contribution in [3.05, 3.63) is 72.4 Å². The van der Waals surface area contributed by atoms with Crippen LogP contribution in [0.4, 0.5) is 23.2 Å². The molecular formula is C28H29F4N3O3. The van der Waals surface area contributed by atoms with E-state index in [9.17, 15) is 22.4 Å². The van der Waals surface area contributed by atoms with Crippen molar-refractivity contribution in [3.63, 3.8) is 0 Å². The number of alkyl halides is 4. The summed E-state index contributed by atoms with van der Waals surface area (Å²) in [6.45, 7) is 3.46. The Balaban J connectivity index is 1.41. The Morgan fingerprint density at radius 2 is 1.84 bits per heavy atom. The van der Waals surface area contributed by atoms with Crippen LogP contribution in [0.3, 0.4) is 0 Å². The van der Waals surface area contributed by atoms with Crippen LogP contribution in [0.2, 0.25) is 0 Å². The van der Waals surface area contributed by atoms with Gasteiger partial charge in [-0.05, 0) is 61.1 Å². The number of rotatable bonds is 13. The fourth-order valence-electron chi connectivity index (χ4n) is 4.06. The summed E-state index contributed by atoms with van der Waals surface area (Å²) in [5.74, 6) is 1.16. The average molecular weight is 532 g/mol. The van der Waals surface area contributed by atoms with Crippen LogP contribution in [-0.4, -0.2) is 35.6 Å². The number of hydrogen-bond donors (Lipinski definition) is 0. The molecule has 4 rings (SSSR count). The summed E-state index contributed by atoms with van der Waals surface area (Å²) < 4.78 is 59.6. The predicted molar refractivity (Wildman–Crippen MR) is 134 cm³/mol. The number of carbonyl (C=O) groups is 1. The number of hydrogen-bond acceptors (Lipinski definition) is 5. The van der Waals surface area contributed by atoms with Gasteiger partial charge < -0.3 is 14.2 Å². The quantitative estimate of drug-likeness (QED) is 0.133. The lowest BCUT2D eigenvalue weighted by molar-refractivity contribution is -0.274. The van der Waals surface area contributed by atoms with Gasteiger partial charge in [0.05, 0.1) is 6.67 Å². The molecule has 1 amide bonds. The van der Waals surface area contributed by atoms with E-state index in [1.807, 2.05) is 0 Å². The molecule has 0 bridgehead atoms. The molecule has 6 nitrogen and oxygen atoms in total. The molecule has 1 saturated carbocycles. The molecule has 3 aromatic rings. The number of aryl methyl sites for hydroxylation is 1. The zero-order valence-electron chi connectivity index (χ0n) is 20.8. The molecule has 1 fully saturated rings. The van der Waals surface area contributed by atoms with Gasteiger partial charge in [0.2, 0.25) is 5.89 Å². The fourth-order valence-corrected chi connectivity index (χ4v) is 4.06. The van der Waals surface area contributed by atoms with Crippen molar-refractivity contribution in [1.82, 2.24) is 10.1 Å². The number of anilines is 1. The molecule has 2 aromatic carbocycles. The molecule has 202 valence electrons. The standard InChI is InChI=1S/C28H29F4N3O3/c1-19(15-16-29)27(36)35(17-4-2-3-8-25-33-26(34-38-25)21-9-10-21)23-7-5-6-22(18-23)20-11-13-24(14-12-20)37-28(30,31)32/h5-7,11-14,18,21H,1-4,8-10,15-17H2. The highest BCUT2D eigenvalue weighted by molar-refractivity contribution is 6.05. The third kappa shape index (κ3) is 7.66. The Hall–Kier alpha value is -3.69. The molecule has 38 heavy (non-hydrogen) atoms. The molecule has 0 N–H and O–H groups in total. The molecule has 10 heteroatoms. The number of unbranched alkanes of at least 4 members (excludes halogenated alkanes) is 2. The van der Waals surface area contributed by atoms with Crippen molar-refractivity contribution in [1.29, 1.82) is 0 Å². The highest BCUT2D eigenvalue weighted by Crippen LogP contribution is 2.38. The summed E-state index contributed by atoms with van der Waals surface area (Å²) in [4.78, 5) is 19.1. The summed E-state index contributed by atoms with van der Waals surface area (Å²) in [7, 11) is 0. The van der Waals surface area contributed by atoms with E-state index in [0.29, 0.717) is 48.0 Å². The van der Waals surface area contributed by atoms with E-state index in [-0.39, 0.29) is 23.7 Å². The first kappa shape index (κ1) is 27.3. The third-order valence-electron chi connectivity index (χ3n) is 6.22. The van der Waals surface area contributed by atoms with E-state index in [1.165, 1.54) is 24.3 Å². The maximum atomic E-state index is 13.1. The van der Waals surface area contributed by atoms with Gasteiger partial charge in [-0.1, -0.05) is 42.4 Å². The first-order valence-electron chi connectivity index (χ1n) is 12.6. The minimum atomic E-state index is -4.77. The van der Waals surface area contributed by atoms with Gasteiger partial charge in [0.15, 0.2) is 5.82 Å². The van der Waals surface area contributed by atoms with Gasteiger partial charge in [-0.15, -0.1) is 13.2 Å². The van der Waals surface area contributed by atoms with Gasteiger partial charge in [-0.25, -0.2) is 0 Å². The van der Waals surface area contributed by atoms with Crippen molar-refractivity contribution in [2.75, 3.05) is 18.1 Å². The van der Waals surface area contributed by atoms with Crippen molar-refractivity contribution in [3.8, 4) is 16.9 Å². The van der Waals surface area contributed by atoms with Gasteiger partial charge in [0.1, 0.15) is 5.75 Å². The van der Waals surface area contributed by atoms with E-state index >= 15 is 0 Å². The first-order valence-corrected chi connectivity index (χ1v) is 12.6. The Labute approximate surface area is 218 Å². The Bertz CT molecular complexity index is 1240. The lowest BCUT2D eigenvalue weighted by Gasteiger charge is -2.24. The van der Waals surface area contributed by atoms with Gasteiger partial charge in [-0.3, -0.25) is 9.18 Å². The van der Waals surface area contributed by atoms with Crippen LogP contribution < -0.4 is 9.64 Å².